The topological polar surface area (TPSA) is 94.4 Å². The summed E-state index contributed by atoms with van der Waals surface area (Å²) >= 11 is 1.09. The quantitative estimate of drug-likeness (QED) is 0.609. The largest absolute Gasteiger partial charge is 0.481 e. The maximum Gasteiger partial charge on any atom is 0.305 e. The van der Waals surface area contributed by atoms with Gasteiger partial charge in [-0.3, -0.25) is 9.59 Å². The number of benzene rings is 1. The van der Waals surface area contributed by atoms with Gasteiger partial charge in [0.1, 0.15) is 5.25 Å². The van der Waals surface area contributed by atoms with E-state index in [0.717, 1.165) is 36.3 Å². The molecule has 2 aliphatic rings. The Morgan fingerprint density at radius 2 is 2.04 bits per heavy atom. The fourth-order valence-electron chi connectivity index (χ4n) is 2.93. The Bertz CT molecular complexity index is 724. The molecule has 0 radical (unpaired) electrons. The van der Waals surface area contributed by atoms with Crippen molar-refractivity contribution >= 4 is 40.7 Å². The molecular weight excluding hydrogens is 352 g/mol. The smallest absolute Gasteiger partial charge is 0.305 e. The van der Waals surface area contributed by atoms with Crippen molar-refractivity contribution in [2.75, 3.05) is 18.0 Å². The molecule has 2 N–H and O–H groups in total. The monoisotopic (exact) mass is 374 g/mol. The summed E-state index contributed by atoms with van der Waals surface area (Å²) < 4.78 is 0. The van der Waals surface area contributed by atoms with Gasteiger partial charge in [-0.15, -0.1) is 5.10 Å². The third-order valence-electron chi connectivity index (χ3n) is 4.53. The van der Waals surface area contributed by atoms with E-state index >= 15 is 0 Å². The molecule has 2 fully saturated rings. The minimum Gasteiger partial charge on any atom is -0.481 e. The van der Waals surface area contributed by atoms with Crippen LogP contribution in [0.2, 0.25) is 0 Å². The lowest BCUT2D eigenvalue weighted by atomic mass is 9.99. The maximum atomic E-state index is 11.6. The van der Waals surface area contributed by atoms with Crippen LogP contribution < -0.4 is 10.2 Å². The highest BCUT2D eigenvalue weighted by molar-refractivity contribution is 8.15. The number of aliphatic carboxylic acids is 1. The van der Waals surface area contributed by atoms with Crippen LogP contribution in [-0.4, -0.2) is 46.7 Å². The summed E-state index contributed by atoms with van der Waals surface area (Å²) in [6, 6.07) is 8.15. The summed E-state index contributed by atoms with van der Waals surface area (Å²) in [7, 11) is 0. The molecule has 1 unspecified atom stereocenters. The van der Waals surface area contributed by atoms with Gasteiger partial charge >= 0.3 is 5.97 Å². The number of carbonyl (C=O) groups is 2. The van der Waals surface area contributed by atoms with Crippen LogP contribution in [0.4, 0.5) is 5.69 Å². The highest BCUT2D eigenvalue weighted by atomic mass is 32.2. The Morgan fingerprint density at radius 3 is 2.69 bits per heavy atom. The predicted molar refractivity (Wildman–Crippen MR) is 104 cm³/mol. The van der Waals surface area contributed by atoms with Gasteiger partial charge in [-0.2, -0.15) is 5.10 Å². The summed E-state index contributed by atoms with van der Waals surface area (Å²) in [5.74, 6) is -0.544. The van der Waals surface area contributed by atoms with Crippen molar-refractivity contribution in [3.63, 3.8) is 0 Å². The van der Waals surface area contributed by atoms with E-state index in [1.807, 2.05) is 12.1 Å². The number of hydrogen-bond acceptors (Lipinski definition) is 6. The average Bonchev–Trinajstić information content (AvgIpc) is 2.95. The number of thioether (sulfide) groups is 1. The minimum absolute atomic E-state index is 0.226. The summed E-state index contributed by atoms with van der Waals surface area (Å²) in [6.07, 6.45) is 3.85. The number of rotatable bonds is 5. The lowest BCUT2D eigenvalue weighted by molar-refractivity contribution is -0.138. The first-order chi connectivity index (χ1) is 12.5. The van der Waals surface area contributed by atoms with Crippen molar-refractivity contribution in [3.8, 4) is 0 Å². The van der Waals surface area contributed by atoms with Crippen LogP contribution in [0, 0.1) is 5.92 Å². The minimum atomic E-state index is -1.01. The first kappa shape index (κ1) is 18.4. The van der Waals surface area contributed by atoms with Gasteiger partial charge in [-0.05, 0) is 36.5 Å². The third-order valence-corrected chi connectivity index (χ3v) is 5.61. The zero-order valence-corrected chi connectivity index (χ0v) is 15.4. The van der Waals surface area contributed by atoms with E-state index in [4.69, 9.17) is 5.11 Å². The molecule has 2 aliphatic heterocycles. The fourth-order valence-corrected chi connectivity index (χ4v) is 3.85. The second-order valence-electron chi connectivity index (χ2n) is 6.60. The number of anilines is 1. The number of nitrogens with one attached hydrogen (secondary N) is 1. The molecule has 0 saturated carbocycles. The molecule has 1 aromatic carbocycles. The number of carboxylic acids is 1. The molecule has 0 spiro atoms. The Balaban J connectivity index is 1.56. The number of carbonyl (C=O) groups excluding carboxylic acids is 1. The second kappa shape index (κ2) is 8.35. The van der Waals surface area contributed by atoms with E-state index in [-0.39, 0.29) is 12.3 Å². The normalized spacial score (nSPS) is 23.0. The van der Waals surface area contributed by atoms with Crippen molar-refractivity contribution in [1.29, 1.82) is 0 Å². The molecule has 1 amide bonds. The SMILES string of the molecule is CC1CCN(c2ccc(C=NN=C3NC(=O)C(CC(=O)O)S3)cc2)CC1. The number of hydrogen-bond donors (Lipinski definition) is 2. The molecule has 1 aromatic rings. The van der Waals surface area contributed by atoms with Crippen molar-refractivity contribution in [2.45, 2.75) is 31.4 Å². The number of amidine groups is 1. The lowest BCUT2D eigenvalue weighted by Gasteiger charge is -2.32. The van der Waals surface area contributed by atoms with Crippen LogP contribution in [-0.2, 0) is 9.59 Å². The summed E-state index contributed by atoms with van der Waals surface area (Å²) in [5, 5.41) is 18.9. The first-order valence-corrected chi connectivity index (χ1v) is 9.54. The molecule has 0 bridgehead atoms. The molecule has 8 heteroatoms. The highest BCUT2D eigenvalue weighted by Gasteiger charge is 2.32. The van der Waals surface area contributed by atoms with Gasteiger partial charge in [0.2, 0.25) is 5.91 Å². The van der Waals surface area contributed by atoms with E-state index in [2.05, 4.69) is 39.5 Å². The molecule has 2 saturated heterocycles. The number of piperidine rings is 1. The average molecular weight is 374 g/mol. The summed E-state index contributed by atoms with van der Waals surface area (Å²) in [4.78, 5) is 24.7. The van der Waals surface area contributed by atoms with Gasteiger partial charge in [-0.1, -0.05) is 30.8 Å². The molecular formula is C18H22N4O3S. The van der Waals surface area contributed by atoms with E-state index < -0.39 is 11.2 Å². The molecule has 1 atom stereocenters. The van der Waals surface area contributed by atoms with Crippen LogP contribution in [0.15, 0.2) is 34.5 Å². The van der Waals surface area contributed by atoms with E-state index in [9.17, 15) is 9.59 Å². The van der Waals surface area contributed by atoms with E-state index in [1.54, 1.807) is 6.21 Å². The van der Waals surface area contributed by atoms with Gasteiger partial charge in [0, 0.05) is 18.8 Å². The molecule has 138 valence electrons. The first-order valence-electron chi connectivity index (χ1n) is 8.66. The highest BCUT2D eigenvalue weighted by Crippen LogP contribution is 2.23. The Labute approximate surface area is 156 Å². The molecule has 0 aromatic heterocycles. The van der Waals surface area contributed by atoms with Crippen LogP contribution in [0.3, 0.4) is 0 Å². The van der Waals surface area contributed by atoms with Crippen molar-refractivity contribution < 1.29 is 14.7 Å². The maximum absolute atomic E-state index is 11.6. The molecule has 0 aliphatic carbocycles. The van der Waals surface area contributed by atoms with Gasteiger partial charge in [0.15, 0.2) is 5.17 Å². The van der Waals surface area contributed by atoms with Gasteiger partial charge in [-0.25, -0.2) is 0 Å². The Morgan fingerprint density at radius 1 is 1.35 bits per heavy atom. The third kappa shape index (κ3) is 4.85. The van der Waals surface area contributed by atoms with Crippen LogP contribution in [0.5, 0.6) is 0 Å². The van der Waals surface area contributed by atoms with E-state index in [1.165, 1.54) is 18.5 Å². The molecule has 7 nitrogen and oxygen atoms in total. The number of amides is 1. The second-order valence-corrected chi connectivity index (χ2v) is 7.80. The van der Waals surface area contributed by atoms with Crippen LogP contribution >= 0.6 is 11.8 Å². The Kier molecular flexibility index (Phi) is 5.92. The summed E-state index contributed by atoms with van der Waals surface area (Å²) in [5.41, 5.74) is 2.13. The van der Waals surface area contributed by atoms with Crippen molar-refractivity contribution in [3.05, 3.63) is 29.8 Å². The fraction of sp³-hybridized carbons (Fsp3) is 0.444. The molecule has 3 rings (SSSR count). The molecule has 2 heterocycles. The van der Waals surface area contributed by atoms with E-state index in [0.29, 0.717) is 5.17 Å². The van der Waals surface area contributed by atoms with Gasteiger partial charge in [0.25, 0.3) is 0 Å². The van der Waals surface area contributed by atoms with Gasteiger partial charge < -0.3 is 15.3 Å². The predicted octanol–water partition coefficient (Wildman–Crippen LogP) is 2.32. The van der Waals surface area contributed by atoms with Crippen molar-refractivity contribution in [2.24, 2.45) is 16.1 Å². The standard InChI is InChI=1S/C18H22N4O3S/c1-12-6-8-22(9-7-12)14-4-2-13(3-5-14)11-19-21-18-20-17(25)15(26-18)10-16(23)24/h2-5,11-12,15H,6-10H2,1H3,(H,23,24)(H,20,21,25). The van der Waals surface area contributed by atoms with Gasteiger partial charge in [0.05, 0.1) is 12.6 Å². The van der Waals surface area contributed by atoms with Crippen molar-refractivity contribution in [1.82, 2.24) is 5.32 Å². The zero-order valence-electron chi connectivity index (χ0n) is 14.6. The number of nitrogens with zero attached hydrogens (tertiary/aromatic N) is 3. The Hall–Kier alpha value is -2.35. The van der Waals surface area contributed by atoms with Crippen LogP contribution in [0.25, 0.3) is 0 Å². The lowest BCUT2D eigenvalue weighted by Crippen LogP contribution is -2.32. The zero-order chi connectivity index (χ0) is 18.5. The summed E-state index contributed by atoms with van der Waals surface area (Å²) in [6.45, 7) is 4.49. The molecule has 26 heavy (non-hydrogen) atoms. The van der Waals surface area contributed by atoms with Crippen LogP contribution in [0.1, 0.15) is 31.7 Å². The number of carboxylic acid groups (broad SMARTS) is 1.